The summed E-state index contributed by atoms with van der Waals surface area (Å²) < 4.78 is 23.9. The first kappa shape index (κ1) is 19.8. The minimum Gasteiger partial charge on any atom is -0.308 e. The number of benzene rings is 1. The van der Waals surface area contributed by atoms with Gasteiger partial charge in [0.2, 0.25) is 0 Å². The molecule has 1 aromatic carbocycles. The van der Waals surface area contributed by atoms with Gasteiger partial charge in [-0.2, -0.15) is 0 Å². The standard InChI is InChI=1S/C15H25N2O5P/c1-4-7-12-16-15(23(20,21-5-2)22-6-3)13-8-10-14(11-9-13)17(18)19/h8-11,15-16H,4-7,12H2,1-3H3. The van der Waals surface area contributed by atoms with Gasteiger partial charge in [-0.15, -0.1) is 0 Å². The Morgan fingerprint density at radius 1 is 1.17 bits per heavy atom. The van der Waals surface area contributed by atoms with Crippen molar-refractivity contribution < 1.29 is 18.5 Å². The minimum atomic E-state index is -3.41. The summed E-state index contributed by atoms with van der Waals surface area (Å²) >= 11 is 0. The number of nitrogens with zero attached hydrogens (tertiary/aromatic N) is 1. The van der Waals surface area contributed by atoms with E-state index < -0.39 is 18.3 Å². The first-order valence-electron chi connectivity index (χ1n) is 7.85. The van der Waals surface area contributed by atoms with Gasteiger partial charge in [-0.3, -0.25) is 20.0 Å². The number of nitro benzene ring substituents is 1. The van der Waals surface area contributed by atoms with Crippen LogP contribution in [0, 0.1) is 10.1 Å². The van der Waals surface area contributed by atoms with E-state index in [1.807, 2.05) is 0 Å². The summed E-state index contributed by atoms with van der Waals surface area (Å²) in [7, 11) is -3.41. The third kappa shape index (κ3) is 5.70. The number of non-ortho nitro benzene ring substituents is 1. The van der Waals surface area contributed by atoms with Crippen LogP contribution in [0.1, 0.15) is 45.0 Å². The molecule has 0 amide bonds. The number of unbranched alkanes of at least 4 members (excludes halogenated alkanes) is 1. The van der Waals surface area contributed by atoms with Crippen molar-refractivity contribution in [3.8, 4) is 0 Å². The van der Waals surface area contributed by atoms with Gasteiger partial charge >= 0.3 is 7.60 Å². The van der Waals surface area contributed by atoms with Gasteiger partial charge in [0.05, 0.1) is 18.1 Å². The van der Waals surface area contributed by atoms with Crippen molar-refractivity contribution in [2.24, 2.45) is 0 Å². The highest BCUT2D eigenvalue weighted by Gasteiger charge is 2.36. The van der Waals surface area contributed by atoms with Crippen LogP contribution in [-0.4, -0.2) is 24.7 Å². The van der Waals surface area contributed by atoms with Gasteiger partial charge in [0, 0.05) is 12.1 Å². The van der Waals surface area contributed by atoms with E-state index >= 15 is 0 Å². The number of nitro groups is 1. The highest BCUT2D eigenvalue weighted by molar-refractivity contribution is 7.54. The van der Waals surface area contributed by atoms with E-state index in [9.17, 15) is 14.7 Å². The molecule has 0 heterocycles. The van der Waals surface area contributed by atoms with Crippen molar-refractivity contribution >= 4 is 13.3 Å². The summed E-state index contributed by atoms with van der Waals surface area (Å²) in [5, 5.41) is 14.0. The van der Waals surface area contributed by atoms with E-state index in [2.05, 4.69) is 12.2 Å². The van der Waals surface area contributed by atoms with Crippen molar-refractivity contribution in [1.29, 1.82) is 0 Å². The largest absolute Gasteiger partial charge is 0.351 e. The molecular formula is C15H25N2O5P. The lowest BCUT2D eigenvalue weighted by Gasteiger charge is -2.27. The van der Waals surface area contributed by atoms with E-state index in [1.54, 1.807) is 26.0 Å². The Kier molecular flexibility index (Phi) is 8.41. The quantitative estimate of drug-likeness (QED) is 0.279. The number of rotatable bonds is 11. The van der Waals surface area contributed by atoms with E-state index in [0.29, 0.717) is 12.1 Å². The summed E-state index contributed by atoms with van der Waals surface area (Å²) in [5.74, 6) is -0.644. The summed E-state index contributed by atoms with van der Waals surface area (Å²) in [5.41, 5.74) is 0.639. The van der Waals surface area contributed by atoms with Crippen LogP contribution in [0.2, 0.25) is 0 Å². The predicted molar refractivity (Wildman–Crippen MR) is 89.6 cm³/mol. The van der Waals surface area contributed by atoms with Crippen LogP contribution in [0.4, 0.5) is 5.69 Å². The second kappa shape index (κ2) is 9.78. The molecule has 7 nitrogen and oxygen atoms in total. The van der Waals surface area contributed by atoms with Crippen LogP contribution in [-0.2, 0) is 13.6 Å². The molecule has 8 heteroatoms. The van der Waals surface area contributed by atoms with Gasteiger partial charge in [0.25, 0.3) is 5.69 Å². The lowest BCUT2D eigenvalue weighted by Crippen LogP contribution is -2.24. The second-order valence-electron chi connectivity index (χ2n) is 4.93. The monoisotopic (exact) mass is 344 g/mol. The molecule has 1 rings (SSSR count). The first-order chi connectivity index (χ1) is 11.0. The normalized spacial score (nSPS) is 13.0. The number of hydrogen-bond donors (Lipinski definition) is 1. The molecule has 0 saturated carbocycles. The fourth-order valence-corrected chi connectivity index (χ4v) is 4.13. The highest BCUT2D eigenvalue weighted by Crippen LogP contribution is 2.59. The van der Waals surface area contributed by atoms with Gasteiger partial charge in [-0.25, -0.2) is 0 Å². The van der Waals surface area contributed by atoms with Crippen LogP contribution < -0.4 is 5.32 Å². The van der Waals surface area contributed by atoms with Crippen molar-refractivity contribution in [2.75, 3.05) is 19.8 Å². The SMILES string of the molecule is CCCCNC(c1ccc([N+](=O)[O-])cc1)P(=O)(OCC)OCC. The molecule has 0 radical (unpaired) electrons. The zero-order valence-electron chi connectivity index (χ0n) is 13.9. The lowest BCUT2D eigenvalue weighted by molar-refractivity contribution is -0.384. The summed E-state index contributed by atoms with van der Waals surface area (Å²) in [6.07, 6.45) is 1.91. The van der Waals surface area contributed by atoms with Gasteiger partial charge < -0.3 is 9.05 Å². The Bertz CT molecular complexity index is 525. The minimum absolute atomic E-state index is 0.0105. The average Bonchev–Trinajstić information content (AvgIpc) is 2.52. The molecule has 23 heavy (non-hydrogen) atoms. The molecule has 0 saturated heterocycles. The molecule has 1 aromatic rings. The Morgan fingerprint density at radius 2 is 1.74 bits per heavy atom. The predicted octanol–water partition coefficient (Wildman–Crippen LogP) is 4.25. The number of hydrogen-bond acceptors (Lipinski definition) is 6. The third-order valence-corrected chi connectivity index (χ3v) is 5.57. The molecule has 130 valence electrons. The number of nitrogens with one attached hydrogen (secondary N) is 1. The van der Waals surface area contributed by atoms with E-state index in [0.717, 1.165) is 12.8 Å². The van der Waals surface area contributed by atoms with Crippen molar-refractivity contribution in [1.82, 2.24) is 5.32 Å². The van der Waals surface area contributed by atoms with Crippen LogP contribution in [0.15, 0.2) is 24.3 Å². The Morgan fingerprint density at radius 3 is 2.17 bits per heavy atom. The zero-order valence-corrected chi connectivity index (χ0v) is 14.8. The zero-order chi connectivity index (χ0) is 17.3. The maximum Gasteiger partial charge on any atom is 0.351 e. The van der Waals surface area contributed by atoms with Gasteiger partial charge in [-0.05, 0) is 44.5 Å². The summed E-state index contributed by atoms with van der Waals surface area (Å²) in [6.45, 7) is 6.75. The Hall–Kier alpha value is -1.27. The van der Waals surface area contributed by atoms with Gasteiger partial charge in [0.15, 0.2) is 0 Å². The van der Waals surface area contributed by atoms with Crippen LogP contribution in [0.3, 0.4) is 0 Å². The molecule has 0 aliphatic heterocycles. The first-order valence-corrected chi connectivity index (χ1v) is 9.46. The van der Waals surface area contributed by atoms with Crippen molar-refractivity contribution in [3.63, 3.8) is 0 Å². The van der Waals surface area contributed by atoms with Crippen LogP contribution in [0.25, 0.3) is 0 Å². The van der Waals surface area contributed by atoms with E-state index in [4.69, 9.17) is 9.05 Å². The molecule has 0 fully saturated rings. The summed E-state index contributed by atoms with van der Waals surface area (Å²) in [4.78, 5) is 10.3. The topological polar surface area (TPSA) is 90.7 Å². The molecular weight excluding hydrogens is 319 g/mol. The Labute approximate surface area is 137 Å². The lowest BCUT2D eigenvalue weighted by atomic mass is 10.2. The van der Waals surface area contributed by atoms with E-state index in [-0.39, 0.29) is 18.9 Å². The maximum absolute atomic E-state index is 13.1. The molecule has 0 spiro atoms. The van der Waals surface area contributed by atoms with Crippen molar-refractivity contribution in [2.45, 2.75) is 39.4 Å². The van der Waals surface area contributed by atoms with Crippen molar-refractivity contribution in [3.05, 3.63) is 39.9 Å². The van der Waals surface area contributed by atoms with Crippen LogP contribution >= 0.6 is 7.60 Å². The molecule has 0 bridgehead atoms. The highest BCUT2D eigenvalue weighted by atomic mass is 31.2. The maximum atomic E-state index is 13.1. The summed E-state index contributed by atoms with van der Waals surface area (Å²) in [6, 6.07) is 5.97. The smallest absolute Gasteiger partial charge is 0.308 e. The fourth-order valence-electron chi connectivity index (χ4n) is 2.15. The van der Waals surface area contributed by atoms with Gasteiger partial charge in [0.1, 0.15) is 5.78 Å². The fraction of sp³-hybridized carbons (Fsp3) is 0.600. The molecule has 0 aliphatic rings. The molecule has 1 atom stereocenters. The Balaban J connectivity index is 3.11. The average molecular weight is 344 g/mol. The molecule has 0 aliphatic carbocycles. The van der Waals surface area contributed by atoms with Crippen LogP contribution in [0.5, 0.6) is 0 Å². The molecule has 1 unspecified atom stereocenters. The molecule has 1 N–H and O–H groups in total. The third-order valence-electron chi connectivity index (χ3n) is 3.22. The van der Waals surface area contributed by atoms with E-state index in [1.165, 1.54) is 12.1 Å². The second-order valence-corrected chi connectivity index (χ2v) is 7.05. The molecule has 0 aromatic heterocycles. The van der Waals surface area contributed by atoms with Gasteiger partial charge in [-0.1, -0.05) is 13.3 Å².